The third-order valence-corrected chi connectivity index (χ3v) is 5.48. The number of carbonyl (C=O) groups excluding carboxylic acids is 1. The maximum Gasteiger partial charge on any atom is 0.251 e. The number of aromatic amines is 1. The molecule has 1 fully saturated rings. The lowest BCUT2D eigenvalue weighted by Gasteiger charge is -2.24. The van der Waals surface area contributed by atoms with Gasteiger partial charge in [0, 0.05) is 23.7 Å². The molecule has 1 saturated heterocycles. The van der Waals surface area contributed by atoms with Gasteiger partial charge in [-0.1, -0.05) is 12.1 Å². The lowest BCUT2D eigenvalue weighted by molar-refractivity contribution is 0.0933. The van der Waals surface area contributed by atoms with Gasteiger partial charge in [-0.25, -0.2) is 4.98 Å². The van der Waals surface area contributed by atoms with E-state index in [1.807, 2.05) is 19.1 Å². The lowest BCUT2D eigenvalue weighted by atomic mass is 9.89. The van der Waals surface area contributed by atoms with E-state index < -0.39 is 0 Å². The van der Waals surface area contributed by atoms with Crippen molar-refractivity contribution in [2.45, 2.75) is 51.0 Å². The topological polar surface area (TPSA) is 69.8 Å². The van der Waals surface area contributed by atoms with Crippen LogP contribution < -0.4 is 10.6 Å². The fraction of sp³-hybridized carbons (Fsp3) is 0.500. The minimum Gasteiger partial charge on any atom is -0.349 e. The first-order valence-electron chi connectivity index (χ1n) is 9.35. The lowest BCUT2D eigenvalue weighted by Crippen LogP contribution is -2.38. The molecule has 1 aromatic heterocycles. The van der Waals surface area contributed by atoms with Gasteiger partial charge in [0.1, 0.15) is 5.82 Å². The van der Waals surface area contributed by atoms with Crippen molar-refractivity contribution in [2.24, 2.45) is 0 Å². The molecule has 25 heavy (non-hydrogen) atoms. The number of hydrogen-bond acceptors (Lipinski definition) is 3. The monoisotopic (exact) mass is 338 g/mol. The number of aromatic nitrogens is 2. The number of amides is 1. The zero-order valence-corrected chi connectivity index (χ0v) is 14.8. The van der Waals surface area contributed by atoms with Crippen LogP contribution in [0.3, 0.4) is 0 Å². The number of nitrogens with one attached hydrogen (secondary N) is 3. The second-order valence-corrected chi connectivity index (χ2v) is 7.31. The molecule has 132 valence electrons. The zero-order valence-electron chi connectivity index (χ0n) is 14.8. The van der Waals surface area contributed by atoms with Crippen LogP contribution in [-0.4, -0.2) is 35.0 Å². The molecule has 2 aliphatic rings. The van der Waals surface area contributed by atoms with Crippen molar-refractivity contribution in [1.29, 1.82) is 0 Å². The average molecular weight is 338 g/mol. The van der Waals surface area contributed by atoms with E-state index in [0.29, 0.717) is 5.92 Å². The van der Waals surface area contributed by atoms with Gasteiger partial charge in [-0.3, -0.25) is 4.79 Å². The normalized spacial score (nSPS) is 20.9. The molecule has 4 rings (SSSR count). The van der Waals surface area contributed by atoms with Crippen LogP contribution in [0.4, 0.5) is 0 Å². The molecule has 1 atom stereocenters. The quantitative estimate of drug-likeness (QED) is 0.805. The summed E-state index contributed by atoms with van der Waals surface area (Å²) in [6.07, 6.45) is 5.09. The summed E-state index contributed by atoms with van der Waals surface area (Å²) < 4.78 is 0. The maximum absolute atomic E-state index is 12.6. The van der Waals surface area contributed by atoms with Gasteiger partial charge in [-0.2, -0.15) is 0 Å². The van der Waals surface area contributed by atoms with E-state index in [-0.39, 0.29) is 11.9 Å². The number of imidazole rings is 1. The molecule has 0 radical (unpaired) electrons. The summed E-state index contributed by atoms with van der Waals surface area (Å²) in [6.45, 7) is 4.16. The Morgan fingerprint density at radius 3 is 2.68 bits per heavy atom. The molecule has 5 heteroatoms. The number of carbonyl (C=O) groups is 1. The second kappa shape index (κ2) is 7.00. The average Bonchev–Trinajstić information content (AvgIpc) is 3.02. The van der Waals surface area contributed by atoms with Crippen molar-refractivity contribution in [3.05, 3.63) is 52.6 Å². The highest BCUT2D eigenvalue weighted by Gasteiger charge is 2.23. The van der Waals surface area contributed by atoms with Gasteiger partial charge in [0.2, 0.25) is 0 Å². The van der Waals surface area contributed by atoms with Gasteiger partial charge in [-0.05, 0) is 69.3 Å². The number of H-pyrrole nitrogens is 1. The van der Waals surface area contributed by atoms with Crippen molar-refractivity contribution in [1.82, 2.24) is 20.6 Å². The van der Waals surface area contributed by atoms with Gasteiger partial charge < -0.3 is 15.6 Å². The third kappa shape index (κ3) is 3.61. The minimum absolute atomic E-state index is 0.0292. The Labute approximate surface area is 148 Å². The highest BCUT2D eigenvalue weighted by molar-refractivity contribution is 5.94. The van der Waals surface area contributed by atoms with E-state index in [4.69, 9.17) is 0 Å². The fourth-order valence-electron chi connectivity index (χ4n) is 4.08. The highest BCUT2D eigenvalue weighted by atomic mass is 16.1. The summed E-state index contributed by atoms with van der Waals surface area (Å²) in [6, 6.07) is 8.39. The van der Waals surface area contributed by atoms with E-state index >= 15 is 0 Å². The number of piperidine rings is 1. The Hall–Kier alpha value is -2.14. The molecular formula is C20H26N4O. The Morgan fingerprint density at radius 2 is 1.92 bits per heavy atom. The van der Waals surface area contributed by atoms with Crippen LogP contribution >= 0.6 is 0 Å². The molecule has 0 bridgehead atoms. The van der Waals surface area contributed by atoms with Crippen molar-refractivity contribution in [3.8, 4) is 0 Å². The number of nitrogens with zero attached hydrogens (tertiary/aromatic N) is 1. The molecule has 1 unspecified atom stereocenters. The summed E-state index contributed by atoms with van der Waals surface area (Å²) >= 11 is 0. The number of aryl methyl sites for hydroxylation is 2. The van der Waals surface area contributed by atoms with Gasteiger partial charge in [0.25, 0.3) is 5.91 Å². The van der Waals surface area contributed by atoms with E-state index in [9.17, 15) is 4.79 Å². The first-order chi connectivity index (χ1) is 12.2. The van der Waals surface area contributed by atoms with Crippen LogP contribution in [-0.2, 0) is 12.8 Å². The fourth-order valence-corrected chi connectivity index (χ4v) is 4.08. The SMILES string of the molecule is Cc1nc2c([nH]1)CC(NC(=O)c1ccc(C3CCNCC3)cc1)CC2. The van der Waals surface area contributed by atoms with Gasteiger partial charge in [-0.15, -0.1) is 0 Å². The number of rotatable bonds is 3. The van der Waals surface area contributed by atoms with Crippen molar-refractivity contribution in [3.63, 3.8) is 0 Å². The third-order valence-electron chi connectivity index (χ3n) is 5.48. The second-order valence-electron chi connectivity index (χ2n) is 7.31. The summed E-state index contributed by atoms with van der Waals surface area (Å²) in [5.74, 6) is 1.62. The van der Waals surface area contributed by atoms with Crippen LogP contribution in [0.15, 0.2) is 24.3 Å². The van der Waals surface area contributed by atoms with Crippen molar-refractivity contribution >= 4 is 5.91 Å². The summed E-state index contributed by atoms with van der Waals surface area (Å²) in [5, 5.41) is 6.58. The molecule has 2 aromatic rings. The molecule has 1 aliphatic carbocycles. The van der Waals surface area contributed by atoms with Crippen molar-refractivity contribution < 1.29 is 4.79 Å². The minimum atomic E-state index is 0.0292. The predicted octanol–water partition coefficient (Wildman–Crippen LogP) is 2.47. The summed E-state index contributed by atoms with van der Waals surface area (Å²) in [5.41, 5.74) is 4.45. The predicted molar refractivity (Wildman–Crippen MR) is 97.9 cm³/mol. The largest absolute Gasteiger partial charge is 0.349 e. The van der Waals surface area contributed by atoms with Gasteiger partial charge >= 0.3 is 0 Å². The van der Waals surface area contributed by atoms with Crippen LogP contribution in [0.1, 0.15) is 58.3 Å². The number of benzene rings is 1. The maximum atomic E-state index is 12.6. The number of hydrogen-bond donors (Lipinski definition) is 3. The van der Waals surface area contributed by atoms with Crippen LogP contribution in [0.5, 0.6) is 0 Å². The Kier molecular flexibility index (Phi) is 4.57. The molecule has 0 saturated carbocycles. The van der Waals surface area contributed by atoms with Crippen LogP contribution in [0, 0.1) is 6.92 Å². The van der Waals surface area contributed by atoms with Gasteiger partial charge in [0.15, 0.2) is 0 Å². The molecular weight excluding hydrogens is 312 g/mol. The first-order valence-corrected chi connectivity index (χ1v) is 9.35. The Balaban J connectivity index is 1.38. The van der Waals surface area contributed by atoms with Gasteiger partial charge in [0.05, 0.1) is 5.69 Å². The molecule has 1 amide bonds. The van der Waals surface area contributed by atoms with Crippen molar-refractivity contribution in [2.75, 3.05) is 13.1 Å². The number of fused-ring (bicyclic) bond motifs is 1. The molecule has 2 heterocycles. The molecule has 0 spiro atoms. The standard InChI is InChI=1S/C20H26N4O/c1-13-22-18-7-6-17(12-19(18)23-13)24-20(25)16-4-2-14(3-5-16)15-8-10-21-11-9-15/h2-5,15,17,21H,6-12H2,1H3,(H,22,23)(H,24,25). The van der Waals surface area contributed by atoms with E-state index in [2.05, 4.69) is 32.7 Å². The van der Waals surface area contributed by atoms with Crippen LogP contribution in [0.2, 0.25) is 0 Å². The summed E-state index contributed by atoms with van der Waals surface area (Å²) in [7, 11) is 0. The van der Waals surface area contributed by atoms with E-state index in [0.717, 1.165) is 49.4 Å². The molecule has 3 N–H and O–H groups in total. The first kappa shape index (κ1) is 16.3. The van der Waals surface area contributed by atoms with Crippen LogP contribution in [0.25, 0.3) is 0 Å². The molecule has 1 aromatic carbocycles. The Bertz CT molecular complexity index is 744. The smallest absolute Gasteiger partial charge is 0.251 e. The summed E-state index contributed by atoms with van der Waals surface area (Å²) in [4.78, 5) is 20.4. The molecule has 5 nitrogen and oxygen atoms in total. The Morgan fingerprint density at radius 1 is 1.16 bits per heavy atom. The van der Waals surface area contributed by atoms with E-state index in [1.54, 1.807) is 0 Å². The van der Waals surface area contributed by atoms with E-state index in [1.165, 1.54) is 24.1 Å². The zero-order chi connectivity index (χ0) is 17.2. The highest BCUT2D eigenvalue weighted by Crippen LogP contribution is 2.25. The molecule has 1 aliphatic heterocycles.